The minimum atomic E-state index is -0.195. The van der Waals surface area contributed by atoms with E-state index in [0.717, 1.165) is 12.1 Å². The minimum Gasteiger partial charge on any atom is -0.352 e. The van der Waals surface area contributed by atoms with E-state index in [0.29, 0.717) is 30.6 Å². The zero-order valence-electron chi connectivity index (χ0n) is 17.9. The van der Waals surface area contributed by atoms with Gasteiger partial charge in [0.05, 0.1) is 11.3 Å². The van der Waals surface area contributed by atoms with Crippen molar-refractivity contribution in [3.05, 3.63) is 65.2 Å². The van der Waals surface area contributed by atoms with Gasteiger partial charge in [0.2, 0.25) is 11.8 Å². The number of nitriles is 1. The summed E-state index contributed by atoms with van der Waals surface area (Å²) in [6.45, 7) is 3.85. The summed E-state index contributed by atoms with van der Waals surface area (Å²) in [4.78, 5) is 26.6. The lowest BCUT2D eigenvalue weighted by molar-refractivity contribution is -0.121. The summed E-state index contributed by atoms with van der Waals surface area (Å²) in [5.41, 5.74) is 3.31. The molecule has 1 saturated heterocycles. The van der Waals surface area contributed by atoms with Gasteiger partial charge in [0.15, 0.2) is 0 Å². The van der Waals surface area contributed by atoms with Crippen LogP contribution in [0.25, 0.3) is 0 Å². The number of amides is 2. The van der Waals surface area contributed by atoms with Gasteiger partial charge in [-0.25, -0.2) is 0 Å². The fourth-order valence-electron chi connectivity index (χ4n) is 3.74. The third kappa shape index (κ3) is 7.54. The molecule has 0 saturated carbocycles. The minimum absolute atomic E-state index is 0.0670. The van der Waals surface area contributed by atoms with Crippen LogP contribution in [0.3, 0.4) is 0 Å². The lowest BCUT2D eigenvalue weighted by Gasteiger charge is -2.26. The Balaban J connectivity index is 1.33. The molecule has 2 amide bonds. The van der Waals surface area contributed by atoms with E-state index in [9.17, 15) is 9.59 Å². The van der Waals surface area contributed by atoms with E-state index in [2.05, 4.69) is 45.9 Å². The van der Waals surface area contributed by atoms with Crippen LogP contribution in [-0.2, 0) is 22.7 Å². The highest BCUT2D eigenvalue weighted by atomic mass is 16.2. The van der Waals surface area contributed by atoms with Gasteiger partial charge in [-0.15, -0.1) is 0 Å². The third-order valence-corrected chi connectivity index (χ3v) is 5.50. The molecule has 1 aliphatic heterocycles. The SMILES string of the molecule is N#Cc1ccccc1NC(=O)CCCC(=O)NCc1ccc(CN2CCCCC2)cc1. The zero-order chi connectivity index (χ0) is 21.9. The number of carbonyl (C=O) groups excluding carboxylic acids is 2. The highest BCUT2D eigenvalue weighted by molar-refractivity contribution is 5.92. The van der Waals surface area contributed by atoms with Crippen molar-refractivity contribution in [1.29, 1.82) is 5.26 Å². The largest absolute Gasteiger partial charge is 0.352 e. The van der Waals surface area contributed by atoms with Gasteiger partial charge in [0.1, 0.15) is 6.07 Å². The average molecular weight is 419 g/mol. The van der Waals surface area contributed by atoms with Crippen molar-refractivity contribution in [2.75, 3.05) is 18.4 Å². The number of hydrogen-bond donors (Lipinski definition) is 2. The number of anilines is 1. The molecule has 2 aromatic rings. The Labute approximate surface area is 184 Å². The molecule has 1 heterocycles. The number of nitrogens with zero attached hydrogens (tertiary/aromatic N) is 2. The van der Waals surface area contributed by atoms with Crippen molar-refractivity contribution < 1.29 is 9.59 Å². The third-order valence-electron chi connectivity index (χ3n) is 5.50. The van der Waals surface area contributed by atoms with Crippen LogP contribution >= 0.6 is 0 Å². The van der Waals surface area contributed by atoms with Crippen LogP contribution in [0.1, 0.15) is 55.2 Å². The highest BCUT2D eigenvalue weighted by Crippen LogP contribution is 2.15. The Kier molecular flexibility index (Phi) is 8.62. The number of para-hydroxylation sites is 1. The molecule has 0 aromatic heterocycles. The van der Waals surface area contributed by atoms with Crippen LogP contribution in [0.4, 0.5) is 5.69 Å². The second-order valence-electron chi connectivity index (χ2n) is 7.99. The van der Waals surface area contributed by atoms with Gasteiger partial charge in [0.25, 0.3) is 0 Å². The maximum Gasteiger partial charge on any atom is 0.224 e. The van der Waals surface area contributed by atoms with Crippen LogP contribution in [0.5, 0.6) is 0 Å². The van der Waals surface area contributed by atoms with E-state index in [1.165, 1.54) is 37.9 Å². The monoisotopic (exact) mass is 418 g/mol. The summed E-state index contributed by atoms with van der Waals surface area (Å²) < 4.78 is 0. The van der Waals surface area contributed by atoms with Crippen LogP contribution in [-0.4, -0.2) is 29.8 Å². The van der Waals surface area contributed by atoms with Crippen molar-refractivity contribution >= 4 is 17.5 Å². The molecule has 31 heavy (non-hydrogen) atoms. The van der Waals surface area contributed by atoms with E-state index in [1.807, 2.05) is 0 Å². The molecule has 0 bridgehead atoms. The second-order valence-corrected chi connectivity index (χ2v) is 7.99. The first kappa shape index (κ1) is 22.5. The van der Waals surface area contributed by atoms with Crippen molar-refractivity contribution in [3.8, 4) is 6.07 Å². The molecule has 1 fully saturated rings. The molecule has 0 radical (unpaired) electrons. The molecule has 2 aromatic carbocycles. The Morgan fingerprint density at radius 3 is 2.32 bits per heavy atom. The number of rotatable bonds is 9. The average Bonchev–Trinajstić information content (AvgIpc) is 2.79. The summed E-state index contributed by atoms with van der Waals surface area (Å²) in [5.74, 6) is -0.262. The predicted octanol–water partition coefficient (Wildman–Crippen LogP) is 3.97. The molecule has 3 rings (SSSR count). The van der Waals surface area contributed by atoms with Crippen molar-refractivity contribution in [1.82, 2.24) is 10.2 Å². The Hall–Kier alpha value is -3.17. The molecule has 0 spiro atoms. The summed E-state index contributed by atoms with van der Waals surface area (Å²) in [6.07, 6.45) is 4.91. The van der Waals surface area contributed by atoms with E-state index < -0.39 is 0 Å². The summed E-state index contributed by atoms with van der Waals surface area (Å²) in [6, 6.07) is 17.3. The van der Waals surface area contributed by atoms with Gasteiger partial charge >= 0.3 is 0 Å². The summed E-state index contributed by atoms with van der Waals surface area (Å²) >= 11 is 0. The lowest BCUT2D eigenvalue weighted by atomic mass is 10.1. The number of carbonyl (C=O) groups is 2. The quantitative estimate of drug-likeness (QED) is 0.645. The van der Waals surface area contributed by atoms with Crippen LogP contribution < -0.4 is 10.6 Å². The topological polar surface area (TPSA) is 85.2 Å². The number of piperidine rings is 1. The fourth-order valence-corrected chi connectivity index (χ4v) is 3.74. The molecular weight excluding hydrogens is 388 g/mol. The van der Waals surface area contributed by atoms with Gasteiger partial charge < -0.3 is 10.6 Å². The first-order chi connectivity index (χ1) is 15.1. The molecule has 0 atom stereocenters. The number of hydrogen-bond acceptors (Lipinski definition) is 4. The molecule has 1 aliphatic rings. The number of nitrogens with one attached hydrogen (secondary N) is 2. The zero-order valence-corrected chi connectivity index (χ0v) is 17.9. The van der Waals surface area contributed by atoms with E-state index in [4.69, 9.17) is 5.26 Å². The molecule has 162 valence electrons. The van der Waals surface area contributed by atoms with Crippen LogP contribution in [0.15, 0.2) is 48.5 Å². The molecular formula is C25H30N4O2. The predicted molar refractivity (Wildman–Crippen MR) is 121 cm³/mol. The van der Waals surface area contributed by atoms with Gasteiger partial charge in [-0.2, -0.15) is 5.26 Å². The molecule has 6 heteroatoms. The van der Waals surface area contributed by atoms with Crippen molar-refractivity contribution in [2.24, 2.45) is 0 Å². The van der Waals surface area contributed by atoms with Crippen LogP contribution in [0.2, 0.25) is 0 Å². The number of likely N-dealkylation sites (tertiary alicyclic amines) is 1. The summed E-state index contributed by atoms with van der Waals surface area (Å²) in [7, 11) is 0. The standard InChI is InChI=1S/C25H30N4O2/c26-17-22-7-2-3-8-23(22)28-25(31)10-6-9-24(30)27-18-20-11-13-21(14-12-20)19-29-15-4-1-5-16-29/h2-3,7-8,11-14H,1,4-6,9-10,15-16,18-19H2,(H,27,30)(H,28,31). The maximum atomic E-state index is 12.1. The van der Waals surface area contributed by atoms with Gasteiger partial charge in [-0.1, -0.05) is 42.8 Å². The highest BCUT2D eigenvalue weighted by Gasteiger charge is 2.11. The fraction of sp³-hybridized carbons (Fsp3) is 0.400. The van der Waals surface area contributed by atoms with E-state index >= 15 is 0 Å². The first-order valence-corrected chi connectivity index (χ1v) is 11.0. The second kappa shape index (κ2) is 11.9. The maximum absolute atomic E-state index is 12.1. The lowest BCUT2D eigenvalue weighted by Crippen LogP contribution is -2.29. The van der Waals surface area contributed by atoms with Gasteiger partial charge in [0, 0.05) is 25.9 Å². The Morgan fingerprint density at radius 2 is 1.58 bits per heavy atom. The Bertz CT molecular complexity index is 912. The molecule has 2 N–H and O–H groups in total. The van der Waals surface area contributed by atoms with Crippen LogP contribution in [0, 0.1) is 11.3 Å². The van der Waals surface area contributed by atoms with E-state index in [1.54, 1.807) is 24.3 Å². The van der Waals surface area contributed by atoms with E-state index in [-0.39, 0.29) is 18.2 Å². The first-order valence-electron chi connectivity index (χ1n) is 11.0. The molecule has 0 unspecified atom stereocenters. The van der Waals surface area contributed by atoms with Gasteiger partial charge in [-0.05, 0) is 55.6 Å². The number of benzene rings is 2. The van der Waals surface area contributed by atoms with Crippen molar-refractivity contribution in [2.45, 2.75) is 51.6 Å². The van der Waals surface area contributed by atoms with Crippen molar-refractivity contribution in [3.63, 3.8) is 0 Å². The molecule has 0 aliphatic carbocycles. The smallest absolute Gasteiger partial charge is 0.224 e. The Morgan fingerprint density at radius 1 is 0.903 bits per heavy atom. The molecule has 6 nitrogen and oxygen atoms in total. The normalized spacial score (nSPS) is 13.9. The summed E-state index contributed by atoms with van der Waals surface area (Å²) in [5, 5.41) is 14.7. The van der Waals surface area contributed by atoms with Gasteiger partial charge in [-0.3, -0.25) is 14.5 Å².